The lowest BCUT2D eigenvalue weighted by molar-refractivity contribution is 0.0951. The van der Waals surface area contributed by atoms with Crippen LogP contribution in [0.3, 0.4) is 0 Å². The fourth-order valence-electron chi connectivity index (χ4n) is 2.02. The predicted molar refractivity (Wildman–Crippen MR) is 86.9 cm³/mol. The molecule has 0 aliphatic heterocycles. The van der Waals surface area contributed by atoms with Gasteiger partial charge in [-0.25, -0.2) is 0 Å². The van der Waals surface area contributed by atoms with E-state index in [1.54, 1.807) is 25.3 Å². The first-order chi connectivity index (χ1) is 10.1. The van der Waals surface area contributed by atoms with Crippen molar-refractivity contribution in [3.8, 4) is 0 Å². The van der Waals surface area contributed by atoms with Crippen molar-refractivity contribution >= 4 is 27.5 Å². The molecule has 5 heteroatoms. The summed E-state index contributed by atoms with van der Waals surface area (Å²) < 4.78 is 5.98. The number of methoxy groups -OCH3 is 1. The van der Waals surface area contributed by atoms with E-state index in [9.17, 15) is 4.79 Å². The van der Waals surface area contributed by atoms with E-state index >= 15 is 0 Å². The first kappa shape index (κ1) is 15.5. The van der Waals surface area contributed by atoms with Crippen molar-refractivity contribution in [2.24, 2.45) is 0 Å². The molecule has 110 valence electrons. The molecule has 0 bridgehead atoms. The van der Waals surface area contributed by atoms with E-state index in [1.807, 2.05) is 24.3 Å². The topological polar surface area (TPSA) is 64.3 Å². The van der Waals surface area contributed by atoms with Crippen LogP contribution in [0, 0.1) is 0 Å². The van der Waals surface area contributed by atoms with Gasteiger partial charge in [0.2, 0.25) is 0 Å². The van der Waals surface area contributed by atoms with Crippen LogP contribution in [0.5, 0.6) is 0 Å². The van der Waals surface area contributed by atoms with Crippen LogP contribution in [-0.4, -0.2) is 13.0 Å². The van der Waals surface area contributed by atoms with Crippen LogP contribution in [0.25, 0.3) is 0 Å². The zero-order valence-electron chi connectivity index (χ0n) is 11.7. The smallest absolute Gasteiger partial charge is 0.253 e. The number of anilines is 1. The lowest BCUT2D eigenvalue weighted by atomic mass is 10.1. The van der Waals surface area contributed by atoms with Gasteiger partial charge >= 0.3 is 0 Å². The second-order valence-corrected chi connectivity index (χ2v) is 5.53. The highest BCUT2D eigenvalue weighted by molar-refractivity contribution is 9.10. The summed E-state index contributed by atoms with van der Waals surface area (Å²) in [5, 5.41) is 2.89. The molecular formula is C16H17BrN2O2. The molecule has 0 aromatic heterocycles. The first-order valence-corrected chi connectivity index (χ1v) is 7.30. The number of hydrogen-bond acceptors (Lipinski definition) is 3. The largest absolute Gasteiger partial charge is 0.398 e. The Morgan fingerprint density at radius 3 is 2.67 bits per heavy atom. The van der Waals surface area contributed by atoms with E-state index in [4.69, 9.17) is 10.5 Å². The molecule has 0 aliphatic carbocycles. The third-order valence-electron chi connectivity index (χ3n) is 3.12. The summed E-state index contributed by atoms with van der Waals surface area (Å²) in [6.45, 7) is 0.954. The minimum absolute atomic E-state index is 0.194. The van der Waals surface area contributed by atoms with Crippen LogP contribution < -0.4 is 11.1 Å². The number of ether oxygens (including phenoxy) is 1. The number of amides is 1. The number of benzene rings is 2. The van der Waals surface area contributed by atoms with Gasteiger partial charge in [0.1, 0.15) is 0 Å². The van der Waals surface area contributed by atoms with Gasteiger partial charge in [-0.15, -0.1) is 0 Å². The second kappa shape index (κ2) is 7.24. The summed E-state index contributed by atoms with van der Waals surface area (Å²) in [6.07, 6.45) is 0. The quantitative estimate of drug-likeness (QED) is 0.816. The summed E-state index contributed by atoms with van der Waals surface area (Å²) in [7, 11) is 1.65. The average molecular weight is 349 g/mol. The van der Waals surface area contributed by atoms with Crippen LogP contribution in [0.2, 0.25) is 0 Å². The number of nitrogens with two attached hydrogens (primary N) is 1. The molecule has 21 heavy (non-hydrogen) atoms. The first-order valence-electron chi connectivity index (χ1n) is 6.50. The van der Waals surface area contributed by atoms with Gasteiger partial charge in [-0.3, -0.25) is 4.79 Å². The van der Waals surface area contributed by atoms with Gasteiger partial charge in [-0.1, -0.05) is 40.2 Å². The fraction of sp³-hybridized carbons (Fsp3) is 0.188. The standard InChI is InChI=1S/C16H17BrN2O2/c1-21-10-12-5-3-2-4-11(12)9-19-16(20)14-8-13(17)6-7-15(14)18/h2-8H,9-10,18H2,1H3,(H,19,20). The summed E-state index contributed by atoms with van der Waals surface area (Å²) >= 11 is 3.34. The third-order valence-corrected chi connectivity index (χ3v) is 3.61. The molecular weight excluding hydrogens is 332 g/mol. The molecule has 3 N–H and O–H groups in total. The normalized spacial score (nSPS) is 10.4. The molecule has 0 saturated carbocycles. The Bertz CT molecular complexity index is 644. The van der Waals surface area contributed by atoms with Gasteiger partial charge in [0, 0.05) is 23.8 Å². The van der Waals surface area contributed by atoms with Gasteiger partial charge in [-0.05, 0) is 29.3 Å². The third kappa shape index (κ3) is 4.06. The highest BCUT2D eigenvalue weighted by Gasteiger charge is 2.10. The number of carbonyl (C=O) groups is 1. The minimum Gasteiger partial charge on any atom is -0.398 e. The van der Waals surface area contributed by atoms with E-state index in [0.29, 0.717) is 24.4 Å². The molecule has 1 amide bonds. The summed E-state index contributed by atoms with van der Waals surface area (Å²) in [4.78, 5) is 12.2. The number of rotatable bonds is 5. The molecule has 0 fully saturated rings. The Morgan fingerprint density at radius 1 is 1.24 bits per heavy atom. The van der Waals surface area contributed by atoms with Gasteiger partial charge in [0.05, 0.1) is 12.2 Å². The molecule has 2 aromatic rings. The van der Waals surface area contributed by atoms with Crippen molar-refractivity contribution in [2.45, 2.75) is 13.2 Å². The van der Waals surface area contributed by atoms with Crippen LogP contribution >= 0.6 is 15.9 Å². The summed E-state index contributed by atoms with van der Waals surface area (Å²) in [6, 6.07) is 13.1. The zero-order chi connectivity index (χ0) is 15.2. The highest BCUT2D eigenvalue weighted by Crippen LogP contribution is 2.18. The van der Waals surface area contributed by atoms with Gasteiger partial charge in [0.25, 0.3) is 5.91 Å². The van der Waals surface area contributed by atoms with Gasteiger partial charge in [0.15, 0.2) is 0 Å². The zero-order valence-corrected chi connectivity index (χ0v) is 13.3. The van der Waals surface area contributed by atoms with Crippen LogP contribution in [0.15, 0.2) is 46.9 Å². The molecule has 0 aliphatic rings. The maximum absolute atomic E-state index is 12.2. The highest BCUT2D eigenvalue weighted by atomic mass is 79.9. The number of nitrogens with one attached hydrogen (secondary N) is 1. The van der Waals surface area contributed by atoms with Crippen molar-refractivity contribution in [3.05, 3.63) is 63.6 Å². The number of nitrogen functional groups attached to an aromatic ring is 1. The van der Waals surface area contributed by atoms with E-state index in [2.05, 4.69) is 21.2 Å². The second-order valence-electron chi connectivity index (χ2n) is 4.62. The van der Waals surface area contributed by atoms with Crippen LogP contribution in [0.4, 0.5) is 5.69 Å². The Kier molecular flexibility index (Phi) is 5.36. The van der Waals surface area contributed by atoms with E-state index in [0.717, 1.165) is 15.6 Å². The van der Waals surface area contributed by atoms with Gasteiger partial charge < -0.3 is 15.8 Å². The summed E-state index contributed by atoms with van der Waals surface area (Å²) in [5.74, 6) is -0.194. The van der Waals surface area contributed by atoms with E-state index in [-0.39, 0.29) is 5.91 Å². The van der Waals surface area contributed by atoms with Crippen molar-refractivity contribution < 1.29 is 9.53 Å². The van der Waals surface area contributed by atoms with Crippen molar-refractivity contribution in [1.82, 2.24) is 5.32 Å². The van der Waals surface area contributed by atoms with Crippen LogP contribution in [-0.2, 0) is 17.9 Å². The molecule has 0 spiro atoms. The molecule has 0 atom stereocenters. The average Bonchev–Trinajstić information content (AvgIpc) is 2.49. The van der Waals surface area contributed by atoms with Crippen molar-refractivity contribution in [2.75, 3.05) is 12.8 Å². The Balaban J connectivity index is 2.09. The minimum atomic E-state index is -0.194. The Morgan fingerprint density at radius 2 is 1.95 bits per heavy atom. The monoisotopic (exact) mass is 348 g/mol. The van der Waals surface area contributed by atoms with Crippen molar-refractivity contribution in [3.63, 3.8) is 0 Å². The number of carbonyl (C=O) groups excluding carboxylic acids is 1. The molecule has 2 rings (SSSR count). The number of hydrogen-bond donors (Lipinski definition) is 2. The lowest BCUT2D eigenvalue weighted by Gasteiger charge is -2.11. The lowest BCUT2D eigenvalue weighted by Crippen LogP contribution is -2.24. The maximum atomic E-state index is 12.2. The fourth-order valence-corrected chi connectivity index (χ4v) is 2.38. The molecule has 4 nitrogen and oxygen atoms in total. The predicted octanol–water partition coefficient (Wildman–Crippen LogP) is 3.11. The molecule has 0 unspecified atom stereocenters. The molecule has 2 aromatic carbocycles. The number of halogens is 1. The molecule has 0 heterocycles. The maximum Gasteiger partial charge on any atom is 0.253 e. The van der Waals surface area contributed by atoms with E-state index < -0.39 is 0 Å². The van der Waals surface area contributed by atoms with Gasteiger partial charge in [-0.2, -0.15) is 0 Å². The molecule has 0 radical (unpaired) electrons. The Labute approximate surface area is 132 Å². The van der Waals surface area contributed by atoms with Crippen LogP contribution in [0.1, 0.15) is 21.5 Å². The molecule has 0 saturated heterocycles. The van der Waals surface area contributed by atoms with E-state index in [1.165, 1.54) is 0 Å². The Hall–Kier alpha value is -1.85. The summed E-state index contributed by atoms with van der Waals surface area (Å²) in [5.41, 5.74) is 8.85. The SMILES string of the molecule is COCc1ccccc1CNC(=O)c1cc(Br)ccc1N. The van der Waals surface area contributed by atoms with Crippen molar-refractivity contribution in [1.29, 1.82) is 0 Å².